The van der Waals surface area contributed by atoms with Gasteiger partial charge in [-0.15, -0.1) is 0 Å². The molecule has 0 N–H and O–H groups in total. The molecule has 4 nitrogen and oxygen atoms in total. The van der Waals surface area contributed by atoms with E-state index in [0.717, 1.165) is 11.1 Å². The second kappa shape index (κ2) is 7.58. The quantitative estimate of drug-likeness (QED) is 0.602. The average Bonchev–Trinajstić information content (AvgIpc) is 2.55. The molecular weight excluding hydrogens is 292 g/mol. The minimum Gasteiger partial charge on any atom is -0.485 e. The van der Waals surface area contributed by atoms with Crippen molar-refractivity contribution in [2.45, 2.75) is 20.8 Å². The van der Waals surface area contributed by atoms with Crippen molar-refractivity contribution in [1.82, 2.24) is 0 Å². The van der Waals surface area contributed by atoms with Crippen LogP contribution < -0.4 is 4.74 Å². The van der Waals surface area contributed by atoms with Crippen molar-refractivity contribution in [2.24, 2.45) is 0 Å². The number of Topliss-reactive ketones (excluding diaryl/α,β-unsaturated/α-hetero) is 1. The number of carbonyl (C=O) groups is 2. The molecule has 2 rings (SSSR count). The molecule has 2 aromatic carbocycles. The molecule has 0 heterocycles. The lowest BCUT2D eigenvalue weighted by molar-refractivity contribution is 0.0526. The molecule has 4 heteroatoms. The van der Waals surface area contributed by atoms with Gasteiger partial charge in [0.2, 0.25) is 0 Å². The second-order valence-electron chi connectivity index (χ2n) is 5.26. The maximum atomic E-state index is 12.2. The smallest absolute Gasteiger partial charge is 0.338 e. The first-order chi connectivity index (χ1) is 11.0. The number of rotatable bonds is 6. The molecule has 0 saturated heterocycles. The molecule has 0 saturated carbocycles. The van der Waals surface area contributed by atoms with Crippen LogP contribution in [0.4, 0.5) is 0 Å². The van der Waals surface area contributed by atoms with Gasteiger partial charge >= 0.3 is 5.97 Å². The predicted molar refractivity (Wildman–Crippen MR) is 88.1 cm³/mol. The highest BCUT2D eigenvalue weighted by molar-refractivity contribution is 5.97. The van der Waals surface area contributed by atoms with Gasteiger partial charge in [-0.05, 0) is 56.2 Å². The van der Waals surface area contributed by atoms with E-state index in [4.69, 9.17) is 9.47 Å². The zero-order chi connectivity index (χ0) is 16.8. The minimum atomic E-state index is -0.404. The van der Waals surface area contributed by atoms with Crippen molar-refractivity contribution in [2.75, 3.05) is 13.2 Å². The first kappa shape index (κ1) is 16.7. The van der Waals surface area contributed by atoms with E-state index < -0.39 is 5.97 Å². The van der Waals surface area contributed by atoms with E-state index in [0.29, 0.717) is 23.5 Å². The Balaban J connectivity index is 2.02. The summed E-state index contributed by atoms with van der Waals surface area (Å²) < 4.78 is 10.4. The average molecular weight is 312 g/mol. The molecule has 0 radical (unpaired) electrons. The SMILES string of the molecule is CCOC(=O)c1cccc(OCC(=O)c2ccc(C)c(C)c2)c1. The van der Waals surface area contributed by atoms with E-state index >= 15 is 0 Å². The highest BCUT2D eigenvalue weighted by atomic mass is 16.5. The monoisotopic (exact) mass is 312 g/mol. The van der Waals surface area contributed by atoms with Crippen LogP contribution in [-0.4, -0.2) is 25.0 Å². The number of hydrogen-bond donors (Lipinski definition) is 0. The molecule has 0 atom stereocenters. The third kappa shape index (κ3) is 4.42. The molecule has 0 aliphatic rings. The Kier molecular flexibility index (Phi) is 5.52. The lowest BCUT2D eigenvalue weighted by atomic mass is 10.0. The van der Waals surface area contributed by atoms with Gasteiger partial charge in [-0.2, -0.15) is 0 Å². The normalized spacial score (nSPS) is 10.2. The van der Waals surface area contributed by atoms with Crippen LogP contribution in [0.25, 0.3) is 0 Å². The van der Waals surface area contributed by atoms with Crippen molar-refractivity contribution in [3.8, 4) is 5.75 Å². The van der Waals surface area contributed by atoms with Gasteiger partial charge in [-0.1, -0.05) is 18.2 Å². The molecule has 0 spiro atoms. The van der Waals surface area contributed by atoms with Gasteiger partial charge in [0.25, 0.3) is 0 Å². The van der Waals surface area contributed by atoms with E-state index in [2.05, 4.69) is 0 Å². The van der Waals surface area contributed by atoms with Crippen molar-refractivity contribution in [3.63, 3.8) is 0 Å². The number of aryl methyl sites for hydroxylation is 2. The van der Waals surface area contributed by atoms with Crippen LogP contribution in [0.5, 0.6) is 5.75 Å². The Bertz CT molecular complexity index is 719. The summed E-state index contributed by atoms with van der Waals surface area (Å²) in [7, 11) is 0. The number of hydrogen-bond acceptors (Lipinski definition) is 4. The van der Waals surface area contributed by atoms with Crippen LogP contribution in [0.1, 0.15) is 38.8 Å². The third-order valence-electron chi connectivity index (χ3n) is 3.54. The maximum absolute atomic E-state index is 12.2. The van der Waals surface area contributed by atoms with Crippen LogP contribution in [0.15, 0.2) is 42.5 Å². The number of carbonyl (C=O) groups excluding carboxylic acids is 2. The molecule has 0 unspecified atom stereocenters. The summed E-state index contributed by atoms with van der Waals surface area (Å²) in [4.78, 5) is 23.9. The number of ether oxygens (including phenoxy) is 2. The summed E-state index contributed by atoms with van der Waals surface area (Å²) in [6, 6.07) is 12.2. The van der Waals surface area contributed by atoms with Gasteiger partial charge in [0.1, 0.15) is 5.75 Å². The van der Waals surface area contributed by atoms with Crippen LogP contribution in [-0.2, 0) is 4.74 Å². The molecule has 0 aliphatic heterocycles. The van der Waals surface area contributed by atoms with Gasteiger partial charge < -0.3 is 9.47 Å². The summed E-state index contributed by atoms with van der Waals surface area (Å²) in [6.07, 6.45) is 0. The molecule has 0 aliphatic carbocycles. The molecular formula is C19H20O4. The Labute approximate surface area is 136 Å². The van der Waals surface area contributed by atoms with E-state index in [1.54, 1.807) is 37.3 Å². The maximum Gasteiger partial charge on any atom is 0.338 e. The number of ketones is 1. The Morgan fingerprint density at radius 3 is 2.43 bits per heavy atom. The predicted octanol–water partition coefficient (Wildman–Crippen LogP) is 3.74. The molecule has 0 aromatic heterocycles. The van der Waals surface area contributed by atoms with Crippen molar-refractivity contribution in [1.29, 1.82) is 0 Å². The molecule has 23 heavy (non-hydrogen) atoms. The molecule has 2 aromatic rings. The minimum absolute atomic E-state index is 0.0746. The standard InChI is InChI=1S/C19H20O4/c1-4-22-19(21)16-6-5-7-17(11-16)23-12-18(20)15-9-8-13(2)14(3)10-15/h5-11H,4,12H2,1-3H3. The largest absolute Gasteiger partial charge is 0.485 e. The first-order valence-electron chi connectivity index (χ1n) is 7.51. The zero-order valence-electron chi connectivity index (χ0n) is 13.6. The van der Waals surface area contributed by atoms with Crippen molar-refractivity contribution >= 4 is 11.8 Å². The van der Waals surface area contributed by atoms with Crippen molar-refractivity contribution < 1.29 is 19.1 Å². The number of benzene rings is 2. The van der Waals surface area contributed by atoms with E-state index in [1.165, 1.54) is 0 Å². The highest BCUT2D eigenvalue weighted by Crippen LogP contribution is 2.16. The van der Waals surface area contributed by atoms with E-state index in [1.807, 2.05) is 26.0 Å². The van der Waals surface area contributed by atoms with Gasteiger partial charge in [-0.3, -0.25) is 4.79 Å². The van der Waals surface area contributed by atoms with Crippen LogP contribution in [0.3, 0.4) is 0 Å². The lowest BCUT2D eigenvalue weighted by Gasteiger charge is -2.08. The fourth-order valence-corrected chi connectivity index (χ4v) is 2.07. The fourth-order valence-electron chi connectivity index (χ4n) is 2.07. The van der Waals surface area contributed by atoms with E-state index in [-0.39, 0.29) is 12.4 Å². The lowest BCUT2D eigenvalue weighted by Crippen LogP contribution is -2.12. The summed E-state index contributed by atoms with van der Waals surface area (Å²) in [5.74, 6) is -0.0409. The highest BCUT2D eigenvalue weighted by Gasteiger charge is 2.10. The zero-order valence-corrected chi connectivity index (χ0v) is 13.6. The van der Waals surface area contributed by atoms with Crippen molar-refractivity contribution in [3.05, 3.63) is 64.7 Å². The van der Waals surface area contributed by atoms with Gasteiger partial charge in [0.15, 0.2) is 12.4 Å². The van der Waals surface area contributed by atoms with Gasteiger partial charge in [0.05, 0.1) is 12.2 Å². The Morgan fingerprint density at radius 1 is 0.957 bits per heavy atom. The third-order valence-corrected chi connectivity index (χ3v) is 3.54. The van der Waals surface area contributed by atoms with Crippen LogP contribution in [0.2, 0.25) is 0 Å². The Morgan fingerprint density at radius 2 is 1.74 bits per heavy atom. The van der Waals surface area contributed by atoms with E-state index in [9.17, 15) is 9.59 Å². The fraction of sp³-hybridized carbons (Fsp3) is 0.263. The Hall–Kier alpha value is -2.62. The second-order valence-corrected chi connectivity index (χ2v) is 5.26. The van der Waals surface area contributed by atoms with Crippen LogP contribution in [0, 0.1) is 13.8 Å². The van der Waals surface area contributed by atoms with Crippen LogP contribution >= 0.6 is 0 Å². The first-order valence-corrected chi connectivity index (χ1v) is 7.51. The molecule has 120 valence electrons. The summed E-state index contributed by atoms with van der Waals surface area (Å²) in [5, 5.41) is 0. The number of esters is 1. The van der Waals surface area contributed by atoms with Gasteiger partial charge in [-0.25, -0.2) is 4.79 Å². The summed E-state index contributed by atoms with van der Waals surface area (Å²) in [5.41, 5.74) is 3.24. The topological polar surface area (TPSA) is 52.6 Å². The van der Waals surface area contributed by atoms with Gasteiger partial charge in [0, 0.05) is 5.56 Å². The molecule has 0 amide bonds. The molecule has 0 fully saturated rings. The molecule has 0 bridgehead atoms. The summed E-state index contributed by atoms with van der Waals surface area (Å²) in [6.45, 7) is 5.96. The summed E-state index contributed by atoms with van der Waals surface area (Å²) >= 11 is 0.